The fraction of sp³-hybridized carbons (Fsp3) is 0.391. The first-order valence-corrected chi connectivity index (χ1v) is 20.0. The third-order valence-corrected chi connectivity index (χ3v) is 12.0. The lowest BCUT2D eigenvalue weighted by molar-refractivity contribution is 0.648. The Morgan fingerprint density at radius 1 is 0.489 bits per heavy atom. The zero-order chi connectivity index (χ0) is 32.6. The van der Waals surface area contributed by atoms with E-state index in [0.29, 0.717) is 11.8 Å². The van der Waals surface area contributed by atoms with Gasteiger partial charge in [0, 0.05) is 21.4 Å². The summed E-state index contributed by atoms with van der Waals surface area (Å²) in [5.41, 5.74) is 17.7. The van der Waals surface area contributed by atoms with E-state index in [1.165, 1.54) is 121 Å². The summed E-state index contributed by atoms with van der Waals surface area (Å²) in [6, 6.07) is 35.0. The zero-order valence-corrected chi connectivity index (χ0v) is 30.4. The summed E-state index contributed by atoms with van der Waals surface area (Å²) in [5, 5.41) is 0. The summed E-state index contributed by atoms with van der Waals surface area (Å²) in [7, 11) is 0.949. The number of fused-ring (bicyclic) bond motifs is 2. The van der Waals surface area contributed by atoms with Gasteiger partial charge in [-0.25, -0.2) is 0 Å². The fourth-order valence-corrected chi connectivity index (χ4v) is 9.60. The van der Waals surface area contributed by atoms with Crippen LogP contribution in [0.1, 0.15) is 123 Å². The van der Waals surface area contributed by atoms with E-state index < -0.39 is 0 Å². The Bertz CT molecular complexity index is 1560. The van der Waals surface area contributed by atoms with Gasteiger partial charge in [-0.05, 0) is 84.0 Å². The molecule has 4 aromatic rings. The Labute approximate surface area is 288 Å². The van der Waals surface area contributed by atoms with Gasteiger partial charge in [-0.15, -0.1) is 0 Å². The van der Waals surface area contributed by atoms with Gasteiger partial charge in [0.25, 0.3) is 0 Å². The summed E-state index contributed by atoms with van der Waals surface area (Å²) in [4.78, 5) is 0. The van der Waals surface area contributed by atoms with Crippen LogP contribution in [0.3, 0.4) is 0 Å². The van der Waals surface area contributed by atoms with Gasteiger partial charge >= 0.3 is 0 Å². The van der Waals surface area contributed by atoms with Crippen LogP contribution in [-0.2, 0) is 0 Å². The van der Waals surface area contributed by atoms with Crippen molar-refractivity contribution >= 4 is 21.7 Å². The van der Waals surface area contributed by atoms with Gasteiger partial charge in [-0.1, -0.05) is 184 Å². The molecule has 2 unspecified atom stereocenters. The molecule has 2 radical (unpaired) electrons. The maximum absolute atomic E-state index is 2.60. The Hall–Kier alpha value is -3.42. The van der Waals surface area contributed by atoms with Crippen molar-refractivity contribution < 1.29 is 0 Å². The molecule has 0 nitrogen and oxygen atoms in total. The first kappa shape index (κ1) is 33.5. The van der Waals surface area contributed by atoms with Crippen molar-refractivity contribution in [3.05, 3.63) is 129 Å². The lowest BCUT2D eigenvalue weighted by Crippen LogP contribution is -2.08. The van der Waals surface area contributed by atoms with Gasteiger partial charge in [0.2, 0.25) is 0 Å². The summed E-state index contributed by atoms with van der Waals surface area (Å²) in [6.07, 6.45) is 18.3. The second kappa shape index (κ2) is 16.1. The SMILES string of the molecule is CCCCCCC1=Cc2c(-c3ccc(C)cc3)cccc2C1C[Si]CC1C(CCCCCC)=Cc2c(-c3ccc(C)cc3)cccc21. The van der Waals surface area contributed by atoms with E-state index in [9.17, 15) is 0 Å². The van der Waals surface area contributed by atoms with Crippen molar-refractivity contribution in [1.29, 1.82) is 0 Å². The molecule has 0 amide bonds. The van der Waals surface area contributed by atoms with Crippen LogP contribution in [0.5, 0.6) is 0 Å². The summed E-state index contributed by atoms with van der Waals surface area (Å²) in [5.74, 6) is 1.12. The van der Waals surface area contributed by atoms with E-state index in [2.05, 4.69) is 125 Å². The number of rotatable bonds is 16. The van der Waals surface area contributed by atoms with E-state index in [-0.39, 0.29) is 0 Å². The third kappa shape index (κ3) is 7.84. The molecule has 4 aromatic carbocycles. The largest absolute Gasteiger partial charge is 0.0654 e. The molecule has 0 fully saturated rings. The van der Waals surface area contributed by atoms with Crippen LogP contribution in [0.25, 0.3) is 34.4 Å². The molecule has 0 aliphatic heterocycles. The van der Waals surface area contributed by atoms with Crippen molar-refractivity contribution in [3.63, 3.8) is 0 Å². The quantitative estimate of drug-likeness (QED) is 0.0850. The predicted octanol–water partition coefficient (Wildman–Crippen LogP) is 13.8. The van der Waals surface area contributed by atoms with Crippen LogP contribution in [-0.4, -0.2) is 9.52 Å². The summed E-state index contributed by atoms with van der Waals surface area (Å²) in [6.45, 7) is 9.00. The highest BCUT2D eigenvalue weighted by Crippen LogP contribution is 2.48. The maximum atomic E-state index is 2.60. The molecular formula is C46H54Si. The van der Waals surface area contributed by atoms with Gasteiger partial charge in [-0.2, -0.15) is 0 Å². The molecule has 2 atom stereocenters. The lowest BCUT2D eigenvalue weighted by Gasteiger charge is -2.21. The Morgan fingerprint density at radius 3 is 1.32 bits per heavy atom. The maximum Gasteiger partial charge on any atom is 0.0397 e. The number of hydrogen-bond donors (Lipinski definition) is 0. The zero-order valence-electron chi connectivity index (χ0n) is 29.4. The second-order valence-corrected chi connectivity index (χ2v) is 15.5. The predicted molar refractivity (Wildman–Crippen MR) is 208 cm³/mol. The number of aryl methyl sites for hydroxylation is 2. The second-order valence-electron chi connectivity index (χ2n) is 14.2. The molecule has 0 saturated heterocycles. The molecule has 0 aromatic heterocycles. The topological polar surface area (TPSA) is 0 Å². The van der Waals surface area contributed by atoms with E-state index in [0.717, 1.165) is 9.52 Å². The van der Waals surface area contributed by atoms with Crippen LogP contribution in [0.15, 0.2) is 96.1 Å². The van der Waals surface area contributed by atoms with Crippen LogP contribution >= 0.6 is 0 Å². The Morgan fingerprint density at radius 2 is 0.915 bits per heavy atom. The van der Waals surface area contributed by atoms with E-state index in [4.69, 9.17) is 0 Å². The summed E-state index contributed by atoms with van der Waals surface area (Å²) < 4.78 is 0. The number of benzene rings is 4. The van der Waals surface area contributed by atoms with Gasteiger partial charge in [0.1, 0.15) is 0 Å². The molecule has 2 aliphatic carbocycles. The molecule has 0 N–H and O–H groups in total. The van der Waals surface area contributed by atoms with Crippen LogP contribution < -0.4 is 0 Å². The first-order valence-electron chi connectivity index (χ1n) is 18.6. The van der Waals surface area contributed by atoms with Crippen LogP contribution in [0.2, 0.25) is 12.1 Å². The monoisotopic (exact) mass is 634 g/mol. The highest BCUT2D eigenvalue weighted by molar-refractivity contribution is 6.36. The standard InChI is InChI=1S/C46H54Si/c1-5-7-9-11-15-37-29-43-39(35-25-21-33(3)22-26-35)17-13-19-41(43)45(37)31-47-32-46-38(16-12-10-8-6-2)30-44-40(18-14-20-42(44)46)36-27-23-34(4)24-28-36/h13-14,17-30,45-46H,5-12,15-16,31-32H2,1-4H3. The van der Waals surface area contributed by atoms with Crippen molar-refractivity contribution in [2.24, 2.45) is 0 Å². The molecule has 1 heteroatoms. The minimum absolute atomic E-state index is 0.562. The average molecular weight is 635 g/mol. The van der Waals surface area contributed by atoms with E-state index in [1.807, 2.05) is 0 Å². The fourth-order valence-electron chi connectivity index (χ4n) is 7.90. The average Bonchev–Trinajstić information content (AvgIpc) is 3.63. The number of allylic oxidation sites excluding steroid dienone is 2. The molecule has 0 saturated carbocycles. The lowest BCUT2D eigenvalue weighted by atomic mass is 9.91. The molecule has 2 aliphatic rings. The van der Waals surface area contributed by atoms with Crippen molar-refractivity contribution in [1.82, 2.24) is 0 Å². The van der Waals surface area contributed by atoms with Gasteiger partial charge < -0.3 is 0 Å². The van der Waals surface area contributed by atoms with Crippen molar-refractivity contribution in [2.45, 2.75) is 116 Å². The number of unbranched alkanes of at least 4 members (excludes halogenated alkanes) is 6. The van der Waals surface area contributed by atoms with Crippen LogP contribution in [0, 0.1) is 13.8 Å². The molecule has 0 heterocycles. The van der Waals surface area contributed by atoms with Crippen molar-refractivity contribution in [2.75, 3.05) is 0 Å². The molecule has 6 rings (SSSR count). The normalized spacial score (nSPS) is 16.6. The molecule has 0 spiro atoms. The minimum Gasteiger partial charge on any atom is -0.0654 e. The Kier molecular flexibility index (Phi) is 11.5. The third-order valence-electron chi connectivity index (χ3n) is 10.6. The van der Waals surface area contributed by atoms with Gasteiger partial charge in [0.05, 0.1) is 0 Å². The van der Waals surface area contributed by atoms with Crippen molar-refractivity contribution in [3.8, 4) is 22.3 Å². The van der Waals surface area contributed by atoms with E-state index >= 15 is 0 Å². The Balaban J connectivity index is 1.24. The highest BCUT2D eigenvalue weighted by Gasteiger charge is 2.30. The van der Waals surface area contributed by atoms with Gasteiger partial charge in [-0.3, -0.25) is 0 Å². The molecular weight excluding hydrogens is 581 g/mol. The molecule has 0 bridgehead atoms. The first-order chi connectivity index (χ1) is 23.1. The minimum atomic E-state index is 0.562. The molecule has 242 valence electrons. The molecule has 47 heavy (non-hydrogen) atoms. The van der Waals surface area contributed by atoms with E-state index in [1.54, 1.807) is 22.3 Å². The number of hydrogen-bond acceptors (Lipinski definition) is 0. The smallest absolute Gasteiger partial charge is 0.0397 e. The van der Waals surface area contributed by atoms with Gasteiger partial charge in [0.15, 0.2) is 0 Å². The van der Waals surface area contributed by atoms with Crippen LogP contribution in [0.4, 0.5) is 0 Å². The highest BCUT2D eigenvalue weighted by atomic mass is 28.2. The summed E-state index contributed by atoms with van der Waals surface area (Å²) >= 11 is 0.